The van der Waals surface area contributed by atoms with Crippen LogP contribution >= 0.6 is 0 Å². The standard InChI is InChI=1S/C12H17N5O2/c1-18-9-5-6-11(19-2)10(8-9)17-12(4-3-7-13)14-15-16-17/h5-6,8H,3-4,7,13H2,1-2H3. The Morgan fingerprint density at radius 3 is 2.79 bits per heavy atom. The van der Waals surface area contributed by atoms with Crippen LogP contribution in [0.2, 0.25) is 0 Å². The van der Waals surface area contributed by atoms with Gasteiger partial charge in [-0.25, -0.2) is 0 Å². The Hall–Kier alpha value is -2.15. The van der Waals surface area contributed by atoms with Crippen LogP contribution in [-0.4, -0.2) is 41.0 Å². The molecule has 19 heavy (non-hydrogen) atoms. The van der Waals surface area contributed by atoms with Crippen molar-refractivity contribution in [3.05, 3.63) is 24.0 Å². The van der Waals surface area contributed by atoms with Crippen LogP contribution in [0.3, 0.4) is 0 Å². The summed E-state index contributed by atoms with van der Waals surface area (Å²) >= 11 is 0. The number of hydrogen-bond acceptors (Lipinski definition) is 6. The van der Waals surface area contributed by atoms with Gasteiger partial charge in [-0.15, -0.1) is 5.10 Å². The van der Waals surface area contributed by atoms with Gasteiger partial charge in [-0.2, -0.15) is 4.68 Å². The molecule has 0 atom stereocenters. The molecule has 0 unspecified atom stereocenters. The van der Waals surface area contributed by atoms with Crippen LogP contribution < -0.4 is 15.2 Å². The number of nitrogens with zero attached hydrogens (tertiary/aromatic N) is 4. The Labute approximate surface area is 111 Å². The average molecular weight is 263 g/mol. The van der Waals surface area contributed by atoms with Gasteiger partial charge in [0.2, 0.25) is 0 Å². The van der Waals surface area contributed by atoms with Crippen LogP contribution in [-0.2, 0) is 6.42 Å². The summed E-state index contributed by atoms with van der Waals surface area (Å²) in [5.74, 6) is 2.15. The van der Waals surface area contributed by atoms with Crippen LogP contribution in [0.1, 0.15) is 12.2 Å². The van der Waals surface area contributed by atoms with Crippen molar-refractivity contribution in [3.63, 3.8) is 0 Å². The van der Waals surface area contributed by atoms with Crippen molar-refractivity contribution >= 4 is 0 Å². The van der Waals surface area contributed by atoms with Gasteiger partial charge in [0.15, 0.2) is 5.82 Å². The van der Waals surface area contributed by atoms with Gasteiger partial charge in [-0.1, -0.05) is 0 Å². The highest BCUT2D eigenvalue weighted by molar-refractivity contribution is 5.50. The SMILES string of the molecule is COc1ccc(OC)c(-n2nnnc2CCCN)c1. The Morgan fingerprint density at radius 2 is 2.11 bits per heavy atom. The van der Waals surface area contributed by atoms with Crippen LogP contribution in [0.15, 0.2) is 18.2 Å². The predicted molar refractivity (Wildman–Crippen MR) is 69.6 cm³/mol. The monoisotopic (exact) mass is 263 g/mol. The van der Waals surface area contributed by atoms with E-state index in [1.807, 2.05) is 18.2 Å². The first-order chi connectivity index (χ1) is 9.30. The van der Waals surface area contributed by atoms with Crippen LogP contribution in [0, 0.1) is 0 Å². The third-order valence-corrected chi connectivity index (χ3v) is 2.75. The second kappa shape index (κ2) is 6.14. The molecule has 0 fully saturated rings. The molecule has 2 N–H and O–H groups in total. The maximum atomic E-state index is 5.51. The summed E-state index contributed by atoms with van der Waals surface area (Å²) in [7, 11) is 3.22. The second-order valence-electron chi connectivity index (χ2n) is 3.94. The fraction of sp³-hybridized carbons (Fsp3) is 0.417. The Morgan fingerprint density at radius 1 is 1.26 bits per heavy atom. The molecular formula is C12H17N5O2. The van der Waals surface area contributed by atoms with E-state index in [4.69, 9.17) is 15.2 Å². The Kier molecular flexibility index (Phi) is 4.30. The molecule has 0 saturated heterocycles. The van der Waals surface area contributed by atoms with Gasteiger partial charge in [0.1, 0.15) is 17.2 Å². The van der Waals surface area contributed by atoms with E-state index in [2.05, 4.69) is 15.5 Å². The average Bonchev–Trinajstić information content (AvgIpc) is 2.92. The molecule has 0 radical (unpaired) electrons. The molecule has 1 heterocycles. The van der Waals surface area contributed by atoms with Crippen molar-refractivity contribution in [1.82, 2.24) is 20.2 Å². The molecule has 7 nitrogen and oxygen atoms in total. The van der Waals surface area contributed by atoms with Crippen molar-refractivity contribution in [1.29, 1.82) is 0 Å². The van der Waals surface area contributed by atoms with Crippen molar-refractivity contribution in [2.75, 3.05) is 20.8 Å². The zero-order valence-corrected chi connectivity index (χ0v) is 11.0. The highest BCUT2D eigenvalue weighted by Crippen LogP contribution is 2.27. The van der Waals surface area contributed by atoms with E-state index in [-0.39, 0.29) is 0 Å². The van der Waals surface area contributed by atoms with E-state index in [1.165, 1.54) is 0 Å². The van der Waals surface area contributed by atoms with Crippen molar-refractivity contribution in [2.45, 2.75) is 12.8 Å². The van der Waals surface area contributed by atoms with Crippen LogP contribution in [0.25, 0.3) is 5.69 Å². The first-order valence-electron chi connectivity index (χ1n) is 6.00. The molecule has 7 heteroatoms. The second-order valence-corrected chi connectivity index (χ2v) is 3.94. The zero-order valence-electron chi connectivity index (χ0n) is 11.0. The highest BCUT2D eigenvalue weighted by Gasteiger charge is 2.13. The van der Waals surface area contributed by atoms with E-state index in [1.54, 1.807) is 18.9 Å². The Bertz CT molecular complexity index is 541. The zero-order chi connectivity index (χ0) is 13.7. The number of methoxy groups -OCH3 is 2. The summed E-state index contributed by atoms with van der Waals surface area (Å²) in [5, 5.41) is 11.7. The quantitative estimate of drug-likeness (QED) is 0.819. The summed E-state index contributed by atoms with van der Waals surface area (Å²) in [6, 6.07) is 5.48. The molecule has 1 aromatic heterocycles. The molecule has 0 amide bonds. The predicted octanol–water partition coefficient (Wildman–Crippen LogP) is 0.571. The van der Waals surface area contributed by atoms with Gasteiger partial charge in [-0.3, -0.25) is 0 Å². The third-order valence-electron chi connectivity index (χ3n) is 2.75. The van der Waals surface area contributed by atoms with Gasteiger partial charge >= 0.3 is 0 Å². The molecule has 2 rings (SSSR count). The summed E-state index contributed by atoms with van der Waals surface area (Å²) in [4.78, 5) is 0. The highest BCUT2D eigenvalue weighted by atomic mass is 16.5. The van der Waals surface area contributed by atoms with Crippen LogP contribution in [0.4, 0.5) is 0 Å². The molecular weight excluding hydrogens is 246 g/mol. The maximum Gasteiger partial charge on any atom is 0.156 e. The van der Waals surface area contributed by atoms with Crippen molar-refractivity contribution in [3.8, 4) is 17.2 Å². The lowest BCUT2D eigenvalue weighted by Crippen LogP contribution is -2.08. The molecule has 0 aliphatic rings. The normalized spacial score (nSPS) is 10.5. The van der Waals surface area contributed by atoms with Gasteiger partial charge in [0.05, 0.1) is 14.2 Å². The number of hydrogen-bond donors (Lipinski definition) is 1. The third kappa shape index (κ3) is 2.82. The summed E-state index contributed by atoms with van der Waals surface area (Å²) in [5.41, 5.74) is 6.26. The number of nitrogens with two attached hydrogens (primary N) is 1. The molecule has 0 spiro atoms. The molecule has 1 aromatic carbocycles. The smallest absolute Gasteiger partial charge is 0.156 e. The number of aromatic nitrogens is 4. The van der Waals surface area contributed by atoms with E-state index >= 15 is 0 Å². The lowest BCUT2D eigenvalue weighted by atomic mass is 10.2. The van der Waals surface area contributed by atoms with Gasteiger partial charge in [0, 0.05) is 12.5 Å². The Balaban J connectivity index is 2.42. The first kappa shape index (κ1) is 13.3. The number of aryl methyl sites for hydroxylation is 1. The molecule has 0 bridgehead atoms. The van der Waals surface area contributed by atoms with Crippen molar-refractivity contribution in [2.24, 2.45) is 5.73 Å². The maximum absolute atomic E-state index is 5.51. The summed E-state index contributed by atoms with van der Waals surface area (Å²) < 4.78 is 12.2. The van der Waals surface area contributed by atoms with Gasteiger partial charge < -0.3 is 15.2 Å². The largest absolute Gasteiger partial charge is 0.497 e. The number of benzene rings is 1. The number of ether oxygens (including phenoxy) is 2. The molecule has 0 aliphatic heterocycles. The molecule has 2 aromatic rings. The molecule has 0 aliphatic carbocycles. The summed E-state index contributed by atoms with van der Waals surface area (Å²) in [6.07, 6.45) is 1.54. The number of tetrazole rings is 1. The van der Waals surface area contributed by atoms with Gasteiger partial charge in [-0.05, 0) is 35.5 Å². The van der Waals surface area contributed by atoms with Gasteiger partial charge in [0.25, 0.3) is 0 Å². The lowest BCUT2D eigenvalue weighted by molar-refractivity contribution is 0.400. The van der Waals surface area contributed by atoms with E-state index in [0.717, 1.165) is 23.7 Å². The first-order valence-corrected chi connectivity index (χ1v) is 6.00. The molecule has 102 valence electrons. The minimum atomic E-state index is 0.599. The van der Waals surface area contributed by atoms with E-state index < -0.39 is 0 Å². The summed E-state index contributed by atoms with van der Waals surface area (Å²) in [6.45, 7) is 0.599. The fourth-order valence-electron chi connectivity index (χ4n) is 1.77. The molecule has 0 saturated carbocycles. The fourth-order valence-corrected chi connectivity index (χ4v) is 1.77. The minimum Gasteiger partial charge on any atom is -0.497 e. The topological polar surface area (TPSA) is 88.1 Å². The minimum absolute atomic E-state index is 0.599. The van der Waals surface area contributed by atoms with Crippen molar-refractivity contribution < 1.29 is 9.47 Å². The van der Waals surface area contributed by atoms with E-state index in [0.29, 0.717) is 18.7 Å². The lowest BCUT2D eigenvalue weighted by Gasteiger charge is -2.11. The van der Waals surface area contributed by atoms with Crippen LogP contribution in [0.5, 0.6) is 11.5 Å². The number of rotatable bonds is 6. The van der Waals surface area contributed by atoms with E-state index in [9.17, 15) is 0 Å².